The van der Waals surface area contributed by atoms with Gasteiger partial charge in [-0.25, -0.2) is 9.69 Å². The number of halogens is 4. The number of urea groups is 1. The number of anilines is 1. The Labute approximate surface area is 185 Å². The second-order valence-corrected chi connectivity index (χ2v) is 8.38. The molecule has 3 amide bonds. The number of ether oxygens (including phenoxy) is 1. The maximum absolute atomic E-state index is 13.7. The number of hydrogen-bond donors (Lipinski definition) is 1. The molecule has 3 heterocycles. The molecule has 1 atom stereocenters. The molecule has 1 aromatic heterocycles. The van der Waals surface area contributed by atoms with E-state index < -0.39 is 34.9 Å². The average molecular weight is 464 g/mol. The number of nitrogens with one attached hydrogen (secondary N) is 1. The lowest BCUT2D eigenvalue weighted by atomic mass is 9.87. The van der Waals surface area contributed by atoms with Crippen LogP contribution in [-0.2, 0) is 22.9 Å². The van der Waals surface area contributed by atoms with E-state index in [1.165, 1.54) is 11.0 Å². The van der Waals surface area contributed by atoms with E-state index in [1.807, 2.05) is 6.07 Å². The van der Waals surface area contributed by atoms with E-state index in [9.17, 15) is 22.8 Å². The molecule has 32 heavy (non-hydrogen) atoms. The number of aromatic nitrogens is 1. The minimum atomic E-state index is -4.80. The van der Waals surface area contributed by atoms with Crippen molar-refractivity contribution in [1.82, 2.24) is 9.88 Å². The molecule has 166 valence electrons. The zero-order valence-corrected chi connectivity index (χ0v) is 17.8. The molecule has 3 aromatic rings. The van der Waals surface area contributed by atoms with Crippen molar-refractivity contribution in [2.24, 2.45) is 0 Å². The lowest BCUT2D eigenvalue weighted by Crippen LogP contribution is -2.49. The standard InChI is InChI=1S/C22H17ClF3N3O3/c1-21-18-13(14-10-12(32-2)4-5-16(14)27-18)7-8-28(21)20(31)29(19(21)30)17-6-3-11(23)9-15(17)22(24,25)26/h3-6,9-10,27H,7-8H2,1-2H3. The molecule has 6 nitrogen and oxygen atoms in total. The van der Waals surface area contributed by atoms with Crippen LogP contribution < -0.4 is 9.64 Å². The molecular weight excluding hydrogens is 447 g/mol. The van der Waals surface area contributed by atoms with Crippen molar-refractivity contribution in [3.63, 3.8) is 0 Å². The number of alkyl halides is 3. The third-order valence-electron chi connectivity index (χ3n) is 6.27. The van der Waals surface area contributed by atoms with Gasteiger partial charge in [0.1, 0.15) is 5.75 Å². The quantitative estimate of drug-likeness (QED) is 0.538. The van der Waals surface area contributed by atoms with Gasteiger partial charge < -0.3 is 14.6 Å². The number of methoxy groups -OCH3 is 1. The first-order valence-corrected chi connectivity index (χ1v) is 10.2. The zero-order chi connectivity index (χ0) is 23.0. The van der Waals surface area contributed by atoms with Gasteiger partial charge in [-0.1, -0.05) is 11.6 Å². The van der Waals surface area contributed by atoms with Crippen molar-refractivity contribution in [2.75, 3.05) is 18.6 Å². The van der Waals surface area contributed by atoms with Gasteiger partial charge in [0.25, 0.3) is 5.91 Å². The van der Waals surface area contributed by atoms with Gasteiger partial charge in [-0.2, -0.15) is 13.2 Å². The van der Waals surface area contributed by atoms with Crippen LogP contribution in [0.2, 0.25) is 5.02 Å². The Kier molecular flexibility index (Phi) is 4.30. The maximum Gasteiger partial charge on any atom is 0.418 e. The molecule has 2 aromatic carbocycles. The molecule has 1 unspecified atom stereocenters. The fraction of sp³-hybridized carbons (Fsp3) is 0.273. The first kappa shape index (κ1) is 20.7. The molecule has 10 heteroatoms. The number of rotatable bonds is 2. The summed E-state index contributed by atoms with van der Waals surface area (Å²) < 4.78 is 46.4. The SMILES string of the molecule is COc1ccc2[nH]c3c(c2c1)CCN1C(=O)N(c2ccc(Cl)cc2C(F)(F)F)C(=O)C31C. The molecule has 0 spiro atoms. The summed E-state index contributed by atoms with van der Waals surface area (Å²) in [5.41, 5.74) is -1.06. The number of carbonyl (C=O) groups is 2. The van der Waals surface area contributed by atoms with E-state index in [0.717, 1.165) is 28.6 Å². The van der Waals surface area contributed by atoms with Crippen LogP contribution in [0.5, 0.6) is 5.75 Å². The minimum Gasteiger partial charge on any atom is -0.497 e. The largest absolute Gasteiger partial charge is 0.497 e. The van der Waals surface area contributed by atoms with Crippen molar-refractivity contribution in [1.29, 1.82) is 0 Å². The van der Waals surface area contributed by atoms with Crippen LogP contribution in [0.25, 0.3) is 10.9 Å². The number of carbonyl (C=O) groups excluding carboxylic acids is 2. The van der Waals surface area contributed by atoms with Gasteiger partial charge in [-0.15, -0.1) is 0 Å². The molecule has 0 saturated carbocycles. The molecular formula is C22H17ClF3N3O3. The van der Waals surface area contributed by atoms with Crippen LogP contribution in [0.4, 0.5) is 23.7 Å². The van der Waals surface area contributed by atoms with Gasteiger partial charge in [0.05, 0.1) is 24.1 Å². The van der Waals surface area contributed by atoms with E-state index in [4.69, 9.17) is 16.3 Å². The molecule has 1 saturated heterocycles. The van der Waals surface area contributed by atoms with E-state index in [1.54, 1.807) is 26.2 Å². The van der Waals surface area contributed by atoms with E-state index in [2.05, 4.69) is 4.98 Å². The predicted octanol–water partition coefficient (Wildman–Crippen LogP) is 5.09. The lowest BCUT2D eigenvalue weighted by molar-refractivity contribution is -0.137. The molecule has 0 bridgehead atoms. The van der Waals surface area contributed by atoms with Gasteiger partial charge in [-0.3, -0.25) is 4.79 Å². The summed E-state index contributed by atoms with van der Waals surface area (Å²) in [6, 6.07) is 7.61. The second-order valence-electron chi connectivity index (χ2n) is 7.95. The summed E-state index contributed by atoms with van der Waals surface area (Å²) in [5.74, 6) is -0.117. The van der Waals surface area contributed by atoms with E-state index in [-0.39, 0.29) is 11.6 Å². The normalized spacial score (nSPS) is 20.7. The van der Waals surface area contributed by atoms with Gasteiger partial charge >= 0.3 is 12.2 Å². The predicted molar refractivity (Wildman–Crippen MR) is 112 cm³/mol. The number of amides is 3. The molecule has 0 aliphatic carbocycles. The van der Waals surface area contributed by atoms with Crippen LogP contribution in [0, 0.1) is 0 Å². The third-order valence-corrected chi connectivity index (χ3v) is 6.51. The van der Waals surface area contributed by atoms with Crippen molar-refractivity contribution in [3.8, 4) is 5.75 Å². The summed E-state index contributed by atoms with van der Waals surface area (Å²) >= 11 is 5.77. The number of benzene rings is 2. The number of fused-ring (bicyclic) bond motifs is 5. The number of hydrogen-bond acceptors (Lipinski definition) is 3. The summed E-state index contributed by atoms with van der Waals surface area (Å²) in [6.07, 6.45) is -4.36. The summed E-state index contributed by atoms with van der Waals surface area (Å²) in [5, 5.41) is 0.706. The number of nitrogens with zero attached hydrogens (tertiary/aromatic N) is 2. The fourth-order valence-electron chi connectivity index (χ4n) is 4.69. The van der Waals surface area contributed by atoms with Gasteiger partial charge in [0.2, 0.25) is 0 Å². The molecule has 1 N–H and O–H groups in total. The highest BCUT2D eigenvalue weighted by Gasteiger charge is 2.60. The van der Waals surface area contributed by atoms with Crippen molar-refractivity contribution < 1.29 is 27.5 Å². The fourth-order valence-corrected chi connectivity index (χ4v) is 4.86. The van der Waals surface area contributed by atoms with Crippen molar-refractivity contribution >= 4 is 40.1 Å². The van der Waals surface area contributed by atoms with Crippen LogP contribution in [-0.4, -0.2) is 35.5 Å². The van der Waals surface area contributed by atoms with Crippen molar-refractivity contribution in [3.05, 3.63) is 58.2 Å². The highest BCUT2D eigenvalue weighted by Crippen LogP contribution is 2.48. The number of imide groups is 1. The number of aromatic amines is 1. The highest BCUT2D eigenvalue weighted by atomic mass is 35.5. The third kappa shape index (κ3) is 2.67. The summed E-state index contributed by atoms with van der Waals surface area (Å²) in [7, 11) is 1.55. The Bertz CT molecular complexity index is 1300. The zero-order valence-electron chi connectivity index (χ0n) is 17.0. The minimum absolute atomic E-state index is 0.143. The Morgan fingerprint density at radius 1 is 1.16 bits per heavy atom. The summed E-state index contributed by atoms with van der Waals surface area (Å²) in [6.45, 7) is 1.74. The van der Waals surface area contributed by atoms with Gasteiger partial charge in [0, 0.05) is 22.5 Å². The van der Waals surface area contributed by atoms with Gasteiger partial charge in [0.15, 0.2) is 5.54 Å². The number of H-pyrrole nitrogens is 1. The van der Waals surface area contributed by atoms with Crippen molar-refractivity contribution in [2.45, 2.75) is 25.1 Å². The second kappa shape index (κ2) is 6.65. The average Bonchev–Trinajstić information content (AvgIpc) is 3.21. The Morgan fingerprint density at radius 2 is 1.91 bits per heavy atom. The van der Waals surface area contributed by atoms with E-state index in [0.29, 0.717) is 22.8 Å². The van der Waals surface area contributed by atoms with Gasteiger partial charge in [-0.05, 0) is 55.3 Å². The molecule has 5 rings (SSSR count). The first-order chi connectivity index (χ1) is 15.1. The van der Waals surface area contributed by atoms with Crippen LogP contribution in [0.1, 0.15) is 23.7 Å². The topological polar surface area (TPSA) is 65.6 Å². The van der Waals surface area contributed by atoms with Crippen LogP contribution in [0.3, 0.4) is 0 Å². The van der Waals surface area contributed by atoms with Crippen LogP contribution >= 0.6 is 11.6 Å². The summed E-state index contributed by atoms with van der Waals surface area (Å²) in [4.78, 5) is 32.0. The molecule has 2 aliphatic heterocycles. The lowest BCUT2D eigenvalue weighted by Gasteiger charge is -2.35. The maximum atomic E-state index is 13.7. The Balaban J connectivity index is 1.69. The highest BCUT2D eigenvalue weighted by molar-refractivity contribution is 6.31. The van der Waals surface area contributed by atoms with E-state index >= 15 is 0 Å². The van der Waals surface area contributed by atoms with Crippen LogP contribution in [0.15, 0.2) is 36.4 Å². The Hall–Kier alpha value is -3.20. The molecule has 2 aliphatic rings. The monoisotopic (exact) mass is 463 g/mol. The first-order valence-electron chi connectivity index (χ1n) is 9.79. The molecule has 0 radical (unpaired) electrons. The smallest absolute Gasteiger partial charge is 0.418 e. The Morgan fingerprint density at radius 3 is 2.59 bits per heavy atom. The molecule has 1 fully saturated rings.